The summed E-state index contributed by atoms with van der Waals surface area (Å²) in [7, 11) is 1.56. The number of thioether (sulfide) groups is 1. The van der Waals surface area contributed by atoms with Gasteiger partial charge in [0.2, 0.25) is 11.8 Å². The smallest absolute Gasteiger partial charge is 0.242 e. The van der Waals surface area contributed by atoms with Crippen LogP contribution in [0.25, 0.3) is 0 Å². The van der Waals surface area contributed by atoms with Crippen molar-refractivity contribution in [1.82, 2.24) is 10.2 Å². The van der Waals surface area contributed by atoms with Crippen molar-refractivity contribution in [3.8, 4) is 0 Å². The Morgan fingerprint density at radius 2 is 1.71 bits per heavy atom. The van der Waals surface area contributed by atoms with Crippen molar-refractivity contribution in [2.45, 2.75) is 24.8 Å². The van der Waals surface area contributed by atoms with Gasteiger partial charge < -0.3 is 10.2 Å². The first-order chi connectivity index (χ1) is 16.4. The van der Waals surface area contributed by atoms with E-state index in [1.54, 1.807) is 42.3 Å². The third-order valence-corrected chi connectivity index (χ3v) is 6.86. The lowest BCUT2D eigenvalue weighted by Gasteiger charge is -2.31. The average molecular weight is 519 g/mol. The molecule has 0 aliphatic heterocycles. The SMILES string of the molecule is CNC(=O)[C@H](Cc1ccccc1)N(Cc1ccc(Cl)cc1Cl)C(=O)CSCc1ccc(F)cc1. The van der Waals surface area contributed by atoms with Gasteiger partial charge in [0.25, 0.3) is 0 Å². The molecule has 3 aromatic carbocycles. The number of carbonyl (C=O) groups excluding carboxylic acids is 2. The minimum Gasteiger partial charge on any atom is -0.357 e. The normalized spacial score (nSPS) is 11.6. The van der Waals surface area contributed by atoms with Gasteiger partial charge in [0, 0.05) is 35.8 Å². The molecule has 34 heavy (non-hydrogen) atoms. The molecule has 0 unspecified atom stereocenters. The van der Waals surface area contributed by atoms with Crippen LogP contribution in [0.15, 0.2) is 72.8 Å². The minimum atomic E-state index is -0.724. The summed E-state index contributed by atoms with van der Waals surface area (Å²) in [4.78, 5) is 27.9. The fourth-order valence-electron chi connectivity index (χ4n) is 3.47. The van der Waals surface area contributed by atoms with Crippen molar-refractivity contribution in [3.63, 3.8) is 0 Å². The number of hydrogen-bond donors (Lipinski definition) is 1. The number of nitrogens with zero attached hydrogens (tertiary/aromatic N) is 1. The van der Waals surface area contributed by atoms with Crippen LogP contribution in [-0.2, 0) is 28.3 Å². The Labute approximate surface area is 213 Å². The third kappa shape index (κ3) is 7.49. The maximum absolute atomic E-state index is 13.4. The minimum absolute atomic E-state index is 0.158. The number of halogens is 3. The lowest BCUT2D eigenvalue weighted by molar-refractivity contribution is -0.139. The fraction of sp³-hybridized carbons (Fsp3) is 0.231. The first kappa shape index (κ1) is 26.1. The van der Waals surface area contributed by atoms with Gasteiger partial charge >= 0.3 is 0 Å². The summed E-state index contributed by atoms with van der Waals surface area (Å²) >= 11 is 13.8. The molecule has 178 valence electrons. The van der Waals surface area contributed by atoms with Crippen LogP contribution in [0.2, 0.25) is 10.0 Å². The van der Waals surface area contributed by atoms with E-state index in [4.69, 9.17) is 23.2 Å². The third-order valence-electron chi connectivity index (χ3n) is 5.28. The molecule has 0 saturated carbocycles. The first-order valence-corrected chi connectivity index (χ1v) is 12.6. The van der Waals surface area contributed by atoms with Crippen molar-refractivity contribution in [1.29, 1.82) is 0 Å². The Kier molecular flexibility index (Phi) is 9.81. The molecule has 0 heterocycles. The van der Waals surface area contributed by atoms with Gasteiger partial charge in [0.05, 0.1) is 5.75 Å². The lowest BCUT2D eigenvalue weighted by atomic mass is 10.0. The summed E-state index contributed by atoms with van der Waals surface area (Å²) in [6.07, 6.45) is 0.361. The summed E-state index contributed by atoms with van der Waals surface area (Å²) in [6, 6.07) is 20.1. The van der Waals surface area contributed by atoms with E-state index in [9.17, 15) is 14.0 Å². The quantitative estimate of drug-likeness (QED) is 0.371. The molecule has 0 bridgehead atoms. The maximum atomic E-state index is 13.4. The van der Waals surface area contributed by atoms with Crippen LogP contribution in [0.1, 0.15) is 16.7 Å². The predicted molar refractivity (Wildman–Crippen MR) is 138 cm³/mol. The standard InChI is InChI=1S/C26H25Cl2FN2O2S/c1-30-26(33)24(13-18-5-3-2-4-6-18)31(15-20-9-10-21(27)14-23(20)28)25(32)17-34-16-19-7-11-22(29)12-8-19/h2-12,14,24H,13,15-17H2,1H3,(H,30,33)/t24-/m0/s1. The number of rotatable bonds is 10. The second kappa shape index (κ2) is 12.8. The molecule has 0 fully saturated rings. The number of amides is 2. The predicted octanol–water partition coefficient (Wildman–Crippen LogP) is 5.75. The van der Waals surface area contributed by atoms with Gasteiger partial charge in [0.15, 0.2) is 0 Å². The zero-order valence-corrected chi connectivity index (χ0v) is 21.0. The number of likely N-dealkylation sites (N-methyl/N-ethyl adjacent to an activating group) is 1. The zero-order valence-electron chi connectivity index (χ0n) is 18.6. The highest BCUT2D eigenvalue weighted by Gasteiger charge is 2.30. The molecular formula is C26H25Cl2FN2O2S. The van der Waals surface area contributed by atoms with E-state index in [0.717, 1.165) is 11.1 Å². The molecule has 0 radical (unpaired) electrons. The molecule has 3 rings (SSSR count). The van der Waals surface area contributed by atoms with Crippen LogP contribution in [0, 0.1) is 5.82 Å². The molecule has 0 spiro atoms. The molecule has 1 atom stereocenters. The molecule has 0 aliphatic rings. The van der Waals surface area contributed by atoms with Crippen molar-refractivity contribution in [3.05, 3.63) is 105 Å². The Hall–Kier alpha value is -2.54. The maximum Gasteiger partial charge on any atom is 0.242 e. The molecule has 0 aliphatic carbocycles. The van der Waals surface area contributed by atoms with Crippen molar-refractivity contribution in [2.75, 3.05) is 12.8 Å². The Morgan fingerprint density at radius 1 is 1.00 bits per heavy atom. The molecule has 3 aromatic rings. The molecule has 1 N–H and O–H groups in total. The molecule has 0 saturated heterocycles. The lowest BCUT2D eigenvalue weighted by Crippen LogP contribution is -2.50. The summed E-state index contributed by atoms with van der Waals surface area (Å²) in [6.45, 7) is 0.164. The van der Waals surface area contributed by atoms with Crippen LogP contribution in [0.3, 0.4) is 0 Å². The summed E-state index contributed by atoms with van der Waals surface area (Å²) in [5.41, 5.74) is 2.55. The van der Waals surface area contributed by atoms with Crippen LogP contribution in [-0.4, -0.2) is 35.6 Å². The van der Waals surface area contributed by atoms with E-state index in [2.05, 4.69) is 5.32 Å². The molecule has 4 nitrogen and oxygen atoms in total. The van der Waals surface area contributed by atoms with E-state index in [-0.39, 0.29) is 29.9 Å². The van der Waals surface area contributed by atoms with Gasteiger partial charge in [-0.05, 0) is 41.0 Å². The number of carbonyl (C=O) groups is 2. The van der Waals surface area contributed by atoms with E-state index >= 15 is 0 Å². The van der Waals surface area contributed by atoms with Crippen molar-refractivity contribution in [2.24, 2.45) is 0 Å². The monoisotopic (exact) mass is 518 g/mol. The van der Waals surface area contributed by atoms with Gasteiger partial charge in [-0.3, -0.25) is 9.59 Å². The highest BCUT2D eigenvalue weighted by Crippen LogP contribution is 2.25. The summed E-state index contributed by atoms with van der Waals surface area (Å²) < 4.78 is 13.2. The number of benzene rings is 3. The Bertz CT molecular complexity index is 1110. The molecular weight excluding hydrogens is 494 g/mol. The average Bonchev–Trinajstić information content (AvgIpc) is 2.83. The van der Waals surface area contributed by atoms with Crippen LogP contribution in [0.4, 0.5) is 4.39 Å². The summed E-state index contributed by atoms with van der Waals surface area (Å²) in [5.74, 6) is -0.0471. The first-order valence-electron chi connectivity index (χ1n) is 10.7. The van der Waals surface area contributed by atoms with Gasteiger partial charge in [-0.1, -0.05) is 71.7 Å². The fourth-order valence-corrected chi connectivity index (χ4v) is 4.81. The molecule has 2 amide bonds. The zero-order chi connectivity index (χ0) is 24.5. The van der Waals surface area contributed by atoms with Crippen molar-refractivity contribution < 1.29 is 14.0 Å². The second-order valence-electron chi connectivity index (χ2n) is 7.70. The van der Waals surface area contributed by atoms with Gasteiger partial charge in [-0.25, -0.2) is 4.39 Å². The molecule has 8 heteroatoms. The molecule has 0 aromatic heterocycles. The van der Waals surface area contributed by atoms with E-state index in [1.807, 2.05) is 30.3 Å². The van der Waals surface area contributed by atoms with Crippen LogP contribution < -0.4 is 5.32 Å². The summed E-state index contributed by atoms with van der Waals surface area (Å²) in [5, 5.41) is 3.61. The van der Waals surface area contributed by atoms with Crippen LogP contribution in [0.5, 0.6) is 0 Å². The highest BCUT2D eigenvalue weighted by atomic mass is 35.5. The Balaban J connectivity index is 1.83. The van der Waals surface area contributed by atoms with E-state index in [0.29, 0.717) is 27.8 Å². The Morgan fingerprint density at radius 3 is 2.35 bits per heavy atom. The van der Waals surface area contributed by atoms with E-state index in [1.165, 1.54) is 23.9 Å². The topological polar surface area (TPSA) is 49.4 Å². The van der Waals surface area contributed by atoms with Gasteiger partial charge in [-0.2, -0.15) is 0 Å². The largest absolute Gasteiger partial charge is 0.357 e. The van der Waals surface area contributed by atoms with E-state index < -0.39 is 6.04 Å². The van der Waals surface area contributed by atoms with Crippen molar-refractivity contribution >= 4 is 46.8 Å². The highest BCUT2D eigenvalue weighted by molar-refractivity contribution is 7.99. The second-order valence-corrected chi connectivity index (χ2v) is 9.53. The van der Waals surface area contributed by atoms with Gasteiger partial charge in [-0.15, -0.1) is 11.8 Å². The van der Waals surface area contributed by atoms with Gasteiger partial charge in [0.1, 0.15) is 11.9 Å². The number of hydrogen-bond acceptors (Lipinski definition) is 3. The number of nitrogens with one attached hydrogen (secondary N) is 1. The van der Waals surface area contributed by atoms with Crippen LogP contribution >= 0.6 is 35.0 Å².